The van der Waals surface area contributed by atoms with Crippen molar-refractivity contribution in [3.05, 3.63) is 35.4 Å². The van der Waals surface area contributed by atoms with Gasteiger partial charge in [-0.1, -0.05) is 33.3 Å². The monoisotopic (exact) mass is 316 g/mol. The van der Waals surface area contributed by atoms with Gasteiger partial charge in [0.25, 0.3) is 0 Å². The molecule has 2 rings (SSSR count). The van der Waals surface area contributed by atoms with Crippen LogP contribution in [0.4, 0.5) is 10.5 Å². The maximum Gasteiger partial charge on any atom is 0.412 e. The summed E-state index contributed by atoms with van der Waals surface area (Å²) in [5.41, 5.74) is 8.26. The maximum atomic E-state index is 11.8. The number of ether oxygens (including phenoxy) is 1. The second-order valence-corrected chi connectivity index (χ2v) is 5.80. The molecule has 1 aromatic rings. The Morgan fingerprint density at radius 1 is 1.30 bits per heavy atom. The van der Waals surface area contributed by atoms with Gasteiger partial charge in [-0.3, -0.25) is 10.1 Å². The van der Waals surface area contributed by atoms with E-state index in [0.717, 1.165) is 35.2 Å². The average Bonchev–Trinajstić information content (AvgIpc) is 2.52. The third-order valence-electron chi connectivity index (χ3n) is 4.38. The zero-order chi connectivity index (χ0) is 17.0. The van der Waals surface area contributed by atoms with E-state index in [2.05, 4.69) is 12.2 Å². The zero-order valence-corrected chi connectivity index (χ0v) is 13.9. The van der Waals surface area contributed by atoms with E-state index in [-0.39, 0.29) is 0 Å². The maximum absolute atomic E-state index is 11.8. The summed E-state index contributed by atoms with van der Waals surface area (Å²) in [5.74, 6) is -0.451. The molecule has 0 spiro atoms. The Kier molecular flexibility index (Phi) is 5.08. The normalized spacial score (nSPS) is 16.3. The molecule has 0 aromatic heterocycles. The summed E-state index contributed by atoms with van der Waals surface area (Å²) in [4.78, 5) is 23.1. The van der Waals surface area contributed by atoms with Crippen molar-refractivity contribution in [2.24, 2.45) is 5.73 Å². The number of allylic oxidation sites excluding steroid dienone is 1. The van der Waals surface area contributed by atoms with Gasteiger partial charge < -0.3 is 10.5 Å². The lowest BCUT2D eigenvalue weighted by Gasteiger charge is -2.37. The highest BCUT2D eigenvalue weighted by Gasteiger charge is 2.39. The molecular weight excluding hydrogens is 292 g/mol. The summed E-state index contributed by atoms with van der Waals surface area (Å²) < 4.78 is 5.61. The van der Waals surface area contributed by atoms with Crippen molar-refractivity contribution in [2.75, 3.05) is 5.32 Å². The molecule has 0 bridgehead atoms. The molecule has 5 heteroatoms. The number of anilines is 1. The van der Waals surface area contributed by atoms with Crippen LogP contribution in [-0.2, 0) is 15.1 Å². The predicted molar refractivity (Wildman–Crippen MR) is 90.9 cm³/mol. The summed E-state index contributed by atoms with van der Waals surface area (Å²) in [6.07, 6.45) is 4.12. The second kappa shape index (κ2) is 6.86. The Hall–Kier alpha value is -2.30. The number of hydrogen-bond donors (Lipinski definition) is 2. The minimum Gasteiger partial charge on any atom is -0.438 e. The fourth-order valence-electron chi connectivity index (χ4n) is 3.11. The Bertz CT molecular complexity index is 646. The van der Waals surface area contributed by atoms with Gasteiger partial charge >= 0.3 is 6.09 Å². The van der Waals surface area contributed by atoms with Crippen molar-refractivity contribution < 1.29 is 14.3 Å². The summed E-state index contributed by atoms with van der Waals surface area (Å²) >= 11 is 0. The molecular formula is C18H24N2O3. The number of primary amides is 1. The van der Waals surface area contributed by atoms with Gasteiger partial charge in [-0.05, 0) is 42.5 Å². The molecule has 0 saturated carbocycles. The van der Waals surface area contributed by atoms with Crippen LogP contribution in [0.15, 0.2) is 24.3 Å². The van der Waals surface area contributed by atoms with E-state index in [1.165, 1.54) is 6.08 Å². The number of carbonyl (C=O) groups is 2. The Balaban J connectivity index is 2.56. The smallest absolute Gasteiger partial charge is 0.412 e. The molecule has 1 aliphatic rings. The number of nitrogens with two attached hydrogens (primary N) is 1. The van der Waals surface area contributed by atoms with Crippen LogP contribution in [-0.4, -0.2) is 12.0 Å². The van der Waals surface area contributed by atoms with Gasteiger partial charge in [-0.2, -0.15) is 0 Å². The Labute approximate surface area is 136 Å². The molecule has 124 valence electrons. The van der Waals surface area contributed by atoms with Crippen LogP contribution < -0.4 is 11.1 Å². The molecule has 0 atom stereocenters. The molecule has 1 aliphatic heterocycles. The Morgan fingerprint density at radius 3 is 2.57 bits per heavy atom. The van der Waals surface area contributed by atoms with E-state index in [4.69, 9.17) is 10.5 Å². The van der Waals surface area contributed by atoms with Gasteiger partial charge in [0.05, 0.1) is 5.69 Å². The lowest BCUT2D eigenvalue weighted by atomic mass is 9.84. The summed E-state index contributed by atoms with van der Waals surface area (Å²) in [6, 6.07) is 5.78. The number of hydrogen-bond acceptors (Lipinski definition) is 3. The number of rotatable bonds is 6. The minimum absolute atomic E-state index is 0.421. The molecule has 5 nitrogen and oxygen atoms in total. The van der Waals surface area contributed by atoms with Gasteiger partial charge in [-0.15, -0.1) is 0 Å². The second-order valence-electron chi connectivity index (χ2n) is 5.80. The van der Waals surface area contributed by atoms with Crippen LogP contribution in [0.2, 0.25) is 0 Å². The molecule has 0 fully saturated rings. The van der Waals surface area contributed by atoms with Gasteiger partial charge in [0.1, 0.15) is 5.60 Å². The summed E-state index contributed by atoms with van der Waals surface area (Å²) in [7, 11) is 0. The van der Waals surface area contributed by atoms with E-state index in [0.29, 0.717) is 12.8 Å². The fourth-order valence-corrected chi connectivity index (χ4v) is 3.11. The molecule has 0 saturated heterocycles. The lowest BCUT2D eigenvalue weighted by Crippen LogP contribution is -2.38. The fraction of sp³-hybridized carbons (Fsp3) is 0.444. The molecule has 1 aromatic carbocycles. The van der Waals surface area contributed by atoms with Crippen LogP contribution in [0.5, 0.6) is 0 Å². The first-order valence-corrected chi connectivity index (χ1v) is 8.10. The highest BCUT2D eigenvalue weighted by Crippen LogP contribution is 2.42. The van der Waals surface area contributed by atoms with Crippen LogP contribution in [0.25, 0.3) is 5.57 Å². The van der Waals surface area contributed by atoms with E-state index < -0.39 is 17.6 Å². The topological polar surface area (TPSA) is 81.4 Å². The number of cyclic esters (lactones) is 1. The van der Waals surface area contributed by atoms with Crippen LogP contribution in [0, 0.1) is 0 Å². The van der Waals surface area contributed by atoms with Crippen LogP contribution in [0.1, 0.15) is 57.6 Å². The molecule has 0 aliphatic carbocycles. The quantitative estimate of drug-likeness (QED) is 0.780. The molecule has 0 unspecified atom stereocenters. The molecule has 0 radical (unpaired) electrons. The van der Waals surface area contributed by atoms with E-state index in [1.807, 2.05) is 32.0 Å². The SMILES string of the molecule is CCC/C(=C\C(N)=O)c1ccc2c(c1)C(CC)(CC)OC(=O)N2. The van der Waals surface area contributed by atoms with Gasteiger partial charge in [0, 0.05) is 11.6 Å². The van der Waals surface area contributed by atoms with Crippen LogP contribution >= 0.6 is 0 Å². The van der Waals surface area contributed by atoms with E-state index in [1.54, 1.807) is 0 Å². The third kappa shape index (κ3) is 3.38. The molecule has 23 heavy (non-hydrogen) atoms. The van der Waals surface area contributed by atoms with Crippen molar-refractivity contribution in [3.63, 3.8) is 0 Å². The Morgan fingerprint density at radius 2 is 2.00 bits per heavy atom. The first-order chi connectivity index (χ1) is 11.0. The first kappa shape index (κ1) is 17.1. The van der Waals surface area contributed by atoms with E-state index in [9.17, 15) is 9.59 Å². The van der Waals surface area contributed by atoms with E-state index >= 15 is 0 Å². The number of carbonyl (C=O) groups excluding carboxylic acids is 2. The van der Waals surface area contributed by atoms with Crippen molar-refractivity contribution >= 4 is 23.3 Å². The predicted octanol–water partition coefficient (Wildman–Crippen LogP) is 3.93. The average molecular weight is 316 g/mol. The van der Waals surface area contributed by atoms with Crippen molar-refractivity contribution in [3.8, 4) is 0 Å². The largest absolute Gasteiger partial charge is 0.438 e. The number of amides is 2. The van der Waals surface area contributed by atoms with Gasteiger partial charge in [0.15, 0.2) is 0 Å². The van der Waals surface area contributed by atoms with Crippen molar-refractivity contribution in [1.82, 2.24) is 0 Å². The van der Waals surface area contributed by atoms with Gasteiger partial charge in [0.2, 0.25) is 5.91 Å². The zero-order valence-electron chi connectivity index (χ0n) is 13.9. The number of benzene rings is 1. The highest BCUT2D eigenvalue weighted by molar-refractivity contribution is 5.95. The lowest BCUT2D eigenvalue weighted by molar-refractivity contribution is -0.113. The molecule has 1 heterocycles. The number of fused-ring (bicyclic) bond motifs is 1. The van der Waals surface area contributed by atoms with Crippen molar-refractivity contribution in [1.29, 1.82) is 0 Å². The molecule has 2 amide bonds. The van der Waals surface area contributed by atoms with Gasteiger partial charge in [-0.25, -0.2) is 4.79 Å². The first-order valence-electron chi connectivity index (χ1n) is 8.10. The third-order valence-corrected chi connectivity index (χ3v) is 4.38. The van der Waals surface area contributed by atoms with Crippen LogP contribution in [0.3, 0.4) is 0 Å². The standard InChI is InChI=1S/C18H24N2O3/c1-4-7-12(11-16(19)21)13-8-9-15-14(10-13)18(5-2,6-3)23-17(22)20-15/h8-11H,4-7H2,1-3H3,(H2,19,21)(H,20,22)/b12-11+. The molecule has 3 N–H and O–H groups in total. The summed E-state index contributed by atoms with van der Waals surface area (Å²) in [6.45, 7) is 6.06. The minimum atomic E-state index is -0.627. The summed E-state index contributed by atoms with van der Waals surface area (Å²) in [5, 5.41) is 2.75. The highest BCUT2D eigenvalue weighted by atomic mass is 16.6. The number of nitrogens with one attached hydrogen (secondary N) is 1. The van der Waals surface area contributed by atoms with Crippen molar-refractivity contribution in [2.45, 2.75) is 52.1 Å².